The lowest BCUT2D eigenvalue weighted by molar-refractivity contribution is -0.135. The third kappa shape index (κ3) is 3.65. The highest BCUT2D eigenvalue weighted by Gasteiger charge is 2.74. The van der Waals surface area contributed by atoms with E-state index in [4.69, 9.17) is 9.47 Å². The van der Waals surface area contributed by atoms with E-state index in [0.29, 0.717) is 22.9 Å². The van der Waals surface area contributed by atoms with Crippen molar-refractivity contribution >= 4 is 57.7 Å². The first-order valence-corrected chi connectivity index (χ1v) is 15.9. The molecule has 4 fully saturated rings. The van der Waals surface area contributed by atoms with Crippen molar-refractivity contribution in [1.82, 2.24) is 10.0 Å². The molecule has 2 aromatic carbocycles. The first-order valence-electron chi connectivity index (χ1n) is 14.1. The van der Waals surface area contributed by atoms with Gasteiger partial charge in [0.2, 0.25) is 11.8 Å². The zero-order valence-corrected chi connectivity index (χ0v) is 25.2. The SMILES string of the molecule is COc1ccc(N2C(=O)[C@@H]3[C@H](C2=O)N2[C@H](c4cccs4)[C@@H]4C(=O)N(c5ccc(OC)cc5)C(=O)[C@@H]4N2[C@H]3c2cccs2)cc1. The van der Waals surface area contributed by atoms with Crippen molar-refractivity contribution in [2.24, 2.45) is 11.8 Å². The van der Waals surface area contributed by atoms with Gasteiger partial charge in [0.25, 0.3) is 11.8 Å². The minimum atomic E-state index is -0.885. The van der Waals surface area contributed by atoms with Gasteiger partial charge in [0.05, 0.1) is 49.5 Å². The molecule has 0 bridgehead atoms. The van der Waals surface area contributed by atoms with E-state index in [1.807, 2.05) is 45.0 Å². The molecular weight excluding hydrogens is 601 g/mol. The molecule has 6 heterocycles. The minimum Gasteiger partial charge on any atom is -0.497 e. The van der Waals surface area contributed by atoms with Crippen molar-refractivity contribution in [1.29, 1.82) is 0 Å². The quantitative estimate of drug-likeness (QED) is 0.293. The Bertz CT molecular complexity index is 1640. The van der Waals surface area contributed by atoms with Gasteiger partial charge in [-0.15, -0.1) is 22.7 Å². The molecule has 0 saturated carbocycles. The van der Waals surface area contributed by atoms with E-state index < -0.39 is 36.0 Å². The number of hydrogen-bond acceptors (Lipinski definition) is 10. The molecule has 0 radical (unpaired) electrons. The van der Waals surface area contributed by atoms with Gasteiger partial charge < -0.3 is 9.47 Å². The number of ether oxygens (including phenoxy) is 2. The fraction of sp³-hybridized carbons (Fsp3) is 0.250. The minimum absolute atomic E-state index is 0.330. The second-order valence-corrected chi connectivity index (χ2v) is 13.0. The zero-order chi connectivity index (χ0) is 30.3. The first-order chi connectivity index (χ1) is 21.4. The number of anilines is 2. The molecular formula is C32H26N4O6S2. The van der Waals surface area contributed by atoms with Gasteiger partial charge in [-0.05, 0) is 71.4 Å². The van der Waals surface area contributed by atoms with Crippen LogP contribution >= 0.6 is 22.7 Å². The summed E-state index contributed by atoms with van der Waals surface area (Å²) in [5, 5.41) is 7.62. The predicted octanol–water partition coefficient (Wildman–Crippen LogP) is 4.27. The zero-order valence-electron chi connectivity index (χ0n) is 23.6. The van der Waals surface area contributed by atoms with Crippen LogP contribution in [0.1, 0.15) is 21.8 Å². The number of imide groups is 2. The maximum absolute atomic E-state index is 14.4. The fourth-order valence-electron chi connectivity index (χ4n) is 7.28. The molecule has 44 heavy (non-hydrogen) atoms. The van der Waals surface area contributed by atoms with E-state index >= 15 is 0 Å². The van der Waals surface area contributed by atoms with Crippen LogP contribution in [0.3, 0.4) is 0 Å². The third-order valence-electron chi connectivity index (χ3n) is 9.06. The Labute approximate surface area is 260 Å². The summed E-state index contributed by atoms with van der Waals surface area (Å²) < 4.78 is 10.6. The number of benzene rings is 2. The van der Waals surface area contributed by atoms with E-state index in [-0.39, 0.29) is 23.6 Å². The molecule has 4 aliphatic heterocycles. The lowest BCUT2D eigenvalue weighted by atomic mass is 9.88. The Kier molecular flexibility index (Phi) is 6.24. The molecule has 4 aliphatic rings. The highest BCUT2D eigenvalue weighted by atomic mass is 32.1. The second-order valence-electron chi connectivity index (χ2n) is 11.0. The van der Waals surface area contributed by atoms with Gasteiger partial charge in [0.1, 0.15) is 23.6 Å². The molecule has 2 aromatic heterocycles. The molecule has 4 aromatic rings. The van der Waals surface area contributed by atoms with Crippen molar-refractivity contribution in [2.75, 3.05) is 24.0 Å². The predicted molar refractivity (Wildman–Crippen MR) is 163 cm³/mol. The Hall–Kier alpha value is -4.36. The van der Waals surface area contributed by atoms with Crippen molar-refractivity contribution in [3.05, 3.63) is 93.3 Å². The summed E-state index contributed by atoms with van der Waals surface area (Å²) in [6, 6.07) is 18.3. The normalized spacial score (nSPS) is 28.1. The number of nitrogens with zero attached hydrogens (tertiary/aromatic N) is 4. The molecule has 0 N–H and O–H groups in total. The van der Waals surface area contributed by atoms with Crippen LogP contribution in [0.4, 0.5) is 11.4 Å². The Morgan fingerprint density at radius 3 is 1.23 bits per heavy atom. The number of thiophene rings is 2. The second kappa shape index (κ2) is 10.1. The van der Waals surface area contributed by atoms with Crippen molar-refractivity contribution in [3.8, 4) is 11.5 Å². The van der Waals surface area contributed by atoms with E-state index in [1.165, 1.54) is 32.5 Å². The van der Waals surface area contributed by atoms with Crippen molar-refractivity contribution in [2.45, 2.75) is 24.2 Å². The lowest BCUT2D eigenvalue weighted by Gasteiger charge is -2.35. The third-order valence-corrected chi connectivity index (χ3v) is 10.9. The summed E-state index contributed by atoms with van der Waals surface area (Å²) in [6.45, 7) is 0. The monoisotopic (exact) mass is 626 g/mol. The van der Waals surface area contributed by atoms with Crippen LogP contribution in [0.15, 0.2) is 83.6 Å². The largest absolute Gasteiger partial charge is 0.497 e. The highest BCUT2D eigenvalue weighted by molar-refractivity contribution is 7.10. The van der Waals surface area contributed by atoms with Crippen molar-refractivity contribution < 1.29 is 28.7 Å². The van der Waals surface area contributed by atoms with Gasteiger partial charge in [0.15, 0.2) is 0 Å². The number of fused-ring (bicyclic) bond motifs is 5. The summed E-state index contributed by atoms with van der Waals surface area (Å²) in [5.41, 5.74) is 0.910. The van der Waals surface area contributed by atoms with Crippen LogP contribution in [0.5, 0.6) is 11.5 Å². The van der Waals surface area contributed by atoms with Gasteiger partial charge in [-0.25, -0.2) is 19.8 Å². The number of methoxy groups -OCH3 is 2. The van der Waals surface area contributed by atoms with E-state index in [1.54, 1.807) is 62.8 Å². The van der Waals surface area contributed by atoms with Crippen LogP contribution in [0, 0.1) is 11.8 Å². The summed E-state index contributed by atoms with van der Waals surface area (Å²) >= 11 is 2.94. The van der Waals surface area contributed by atoms with Gasteiger partial charge in [0, 0.05) is 9.75 Å². The molecule has 10 nitrogen and oxygen atoms in total. The van der Waals surface area contributed by atoms with Crippen LogP contribution < -0.4 is 19.3 Å². The molecule has 0 unspecified atom stereocenters. The Morgan fingerprint density at radius 2 is 0.909 bits per heavy atom. The van der Waals surface area contributed by atoms with Crippen molar-refractivity contribution in [3.63, 3.8) is 0 Å². The van der Waals surface area contributed by atoms with E-state index in [2.05, 4.69) is 0 Å². The summed E-state index contributed by atoms with van der Waals surface area (Å²) in [5.74, 6) is -1.73. The topological polar surface area (TPSA) is 99.7 Å². The lowest BCUT2D eigenvalue weighted by Crippen LogP contribution is -2.50. The molecule has 12 heteroatoms. The molecule has 0 aliphatic carbocycles. The fourth-order valence-corrected chi connectivity index (χ4v) is 9.01. The number of rotatable bonds is 6. The highest BCUT2D eigenvalue weighted by Crippen LogP contribution is 2.60. The smallest absolute Gasteiger partial charge is 0.253 e. The summed E-state index contributed by atoms with van der Waals surface area (Å²) in [6.07, 6.45) is 0. The number of hydrogen-bond donors (Lipinski definition) is 0. The molecule has 4 saturated heterocycles. The van der Waals surface area contributed by atoms with Gasteiger partial charge in [-0.3, -0.25) is 19.2 Å². The maximum Gasteiger partial charge on any atom is 0.253 e. The summed E-state index contributed by atoms with van der Waals surface area (Å²) in [4.78, 5) is 61.6. The van der Waals surface area contributed by atoms with Gasteiger partial charge >= 0.3 is 0 Å². The Balaban J connectivity index is 1.27. The van der Waals surface area contributed by atoms with Gasteiger partial charge in [-0.2, -0.15) is 0 Å². The summed E-state index contributed by atoms with van der Waals surface area (Å²) in [7, 11) is 3.11. The molecule has 4 amide bonds. The maximum atomic E-state index is 14.4. The van der Waals surface area contributed by atoms with Crippen LogP contribution in [-0.4, -0.2) is 59.9 Å². The Morgan fingerprint density at radius 1 is 0.523 bits per heavy atom. The average Bonchev–Trinajstić information content (AvgIpc) is 3.88. The molecule has 0 spiro atoms. The van der Waals surface area contributed by atoms with Gasteiger partial charge in [-0.1, -0.05) is 12.1 Å². The standard InChI is InChI=1S/C32H26N4O6S2/c1-41-19-11-7-17(8-12-19)33-29(37)23-25(21-5-3-15-43-21)36-28-24(26(22-6-4-16-44-22)35(36)27(23)31(33)39)30(38)34(32(28)40)18-9-13-20(42-2)14-10-18/h3-16,23-28H,1-2H3/t23-,24-,25-,26+,27+,28+/m0/s1. The number of carbonyl (C=O) groups is 4. The molecule has 222 valence electrons. The number of carbonyl (C=O) groups excluding carboxylic acids is 4. The number of amides is 4. The average molecular weight is 627 g/mol. The van der Waals surface area contributed by atoms with E-state index in [9.17, 15) is 19.2 Å². The van der Waals surface area contributed by atoms with Crippen LogP contribution in [-0.2, 0) is 19.2 Å². The van der Waals surface area contributed by atoms with Crippen LogP contribution in [0.25, 0.3) is 0 Å². The first kappa shape index (κ1) is 27.2. The molecule has 6 atom stereocenters. The number of hydrazine groups is 1. The van der Waals surface area contributed by atoms with E-state index in [0.717, 1.165) is 9.75 Å². The molecule has 8 rings (SSSR count). The van der Waals surface area contributed by atoms with Crippen LogP contribution in [0.2, 0.25) is 0 Å².